The molecule has 96 valence electrons. The zero-order valence-corrected chi connectivity index (χ0v) is 10.1. The van der Waals surface area contributed by atoms with E-state index in [1.165, 1.54) is 6.42 Å². The van der Waals surface area contributed by atoms with E-state index >= 15 is 0 Å². The zero-order valence-electron chi connectivity index (χ0n) is 10.1. The van der Waals surface area contributed by atoms with Crippen LogP contribution in [0.15, 0.2) is 0 Å². The summed E-state index contributed by atoms with van der Waals surface area (Å²) < 4.78 is 0. The van der Waals surface area contributed by atoms with Crippen LogP contribution in [0.5, 0.6) is 0 Å². The van der Waals surface area contributed by atoms with Crippen molar-refractivity contribution in [1.82, 2.24) is 9.80 Å². The van der Waals surface area contributed by atoms with Gasteiger partial charge in [0.1, 0.15) is 0 Å². The number of carbonyl (C=O) groups excluding carboxylic acids is 1. The van der Waals surface area contributed by atoms with Crippen LogP contribution in [0.3, 0.4) is 0 Å². The molecule has 2 fully saturated rings. The third kappa shape index (κ3) is 2.90. The number of hydrogen-bond acceptors (Lipinski definition) is 2. The lowest BCUT2D eigenvalue weighted by Crippen LogP contribution is -2.50. The van der Waals surface area contributed by atoms with Gasteiger partial charge in [0.25, 0.3) is 0 Å². The van der Waals surface area contributed by atoms with Crippen molar-refractivity contribution in [2.45, 2.75) is 32.1 Å². The molecule has 17 heavy (non-hydrogen) atoms. The zero-order chi connectivity index (χ0) is 12.3. The number of hydrogen-bond donors (Lipinski definition) is 1. The lowest BCUT2D eigenvalue weighted by Gasteiger charge is -2.36. The minimum atomic E-state index is -0.777. The molecular formula is C12H20N2O3. The van der Waals surface area contributed by atoms with Crippen molar-refractivity contribution in [3.8, 4) is 0 Å². The van der Waals surface area contributed by atoms with E-state index in [2.05, 4.69) is 0 Å². The van der Waals surface area contributed by atoms with Crippen molar-refractivity contribution in [2.75, 3.05) is 26.2 Å². The minimum absolute atomic E-state index is 0.0376. The molecule has 2 saturated heterocycles. The van der Waals surface area contributed by atoms with Gasteiger partial charge in [-0.1, -0.05) is 0 Å². The quantitative estimate of drug-likeness (QED) is 0.753. The molecule has 2 amide bonds. The van der Waals surface area contributed by atoms with Gasteiger partial charge in [0.2, 0.25) is 0 Å². The number of carbonyl (C=O) groups is 2. The van der Waals surface area contributed by atoms with E-state index in [-0.39, 0.29) is 11.9 Å². The van der Waals surface area contributed by atoms with Crippen molar-refractivity contribution in [1.29, 1.82) is 0 Å². The molecule has 2 rings (SSSR count). The highest BCUT2D eigenvalue weighted by atomic mass is 16.4. The molecule has 1 atom stereocenters. The fourth-order valence-corrected chi connectivity index (χ4v) is 2.64. The SMILES string of the molecule is O=C(O)[C@@H]1CCCN(C(=O)N2CCCCC2)C1. The predicted octanol–water partition coefficient (Wildman–Crippen LogP) is 1.39. The molecule has 2 heterocycles. The van der Waals surface area contributed by atoms with Crippen LogP contribution in [0.25, 0.3) is 0 Å². The highest BCUT2D eigenvalue weighted by Gasteiger charge is 2.30. The van der Waals surface area contributed by atoms with Crippen LogP contribution in [0.4, 0.5) is 4.79 Å². The molecule has 0 bridgehead atoms. The average Bonchev–Trinajstić information content (AvgIpc) is 2.39. The number of carboxylic acids is 1. The molecule has 0 radical (unpaired) electrons. The molecule has 0 aliphatic carbocycles. The molecule has 0 saturated carbocycles. The molecule has 5 nitrogen and oxygen atoms in total. The van der Waals surface area contributed by atoms with Crippen LogP contribution < -0.4 is 0 Å². The molecule has 5 heteroatoms. The van der Waals surface area contributed by atoms with E-state index in [1.54, 1.807) is 4.90 Å². The van der Waals surface area contributed by atoms with Gasteiger partial charge >= 0.3 is 12.0 Å². The van der Waals surface area contributed by atoms with Crippen LogP contribution >= 0.6 is 0 Å². The number of urea groups is 1. The van der Waals surface area contributed by atoms with Gasteiger partial charge in [-0.2, -0.15) is 0 Å². The molecular weight excluding hydrogens is 220 g/mol. The topological polar surface area (TPSA) is 60.9 Å². The van der Waals surface area contributed by atoms with Gasteiger partial charge < -0.3 is 14.9 Å². The Hall–Kier alpha value is -1.26. The highest BCUT2D eigenvalue weighted by molar-refractivity contribution is 5.76. The Morgan fingerprint density at radius 1 is 0.941 bits per heavy atom. The van der Waals surface area contributed by atoms with Gasteiger partial charge in [0.05, 0.1) is 5.92 Å². The minimum Gasteiger partial charge on any atom is -0.481 e. The molecule has 0 aromatic rings. The van der Waals surface area contributed by atoms with E-state index in [4.69, 9.17) is 5.11 Å². The predicted molar refractivity (Wildman–Crippen MR) is 62.8 cm³/mol. The molecule has 0 aromatic heterocycles. The summed E-state index contributed by atoms with van der Waals surface area (Å²) in [4.78, 5) is 26.7. The van der Waals surface area contributed by atoms with Crippen molar-refractivity contribution < 1.29 is 14.7 Å². The van der Waals surface area contributed by atoms with Gasteiger partial charge in [-0.25, -0.2) is 4.79 Å². The van der Waals surface area contributed by atoms with Crippen molar-refractivity contribution in [3.05, 3.63) is 0 Å². The first kappa shape index (κ1) is 12.2. The smallest absolute Gasteiger partial charge is 0.320 e. The first-order valence-corrected chi connectivity index (χ1v) is 6.45. The number of amides is 2. The Bertz CT molecular complexity index is 300. The second-order valence-corrected chi connectivity index (χ2v) is 4.95. The summed E-state index contributed by atoms with van der Waals surface area (Å²) >= 11 is 0. The van der Waals surface area contributed by atoms with Crippen molar-refractivity contribution >= 4 is 12.0 Å². The van der Waals surface area contributed by atoms with Crippen molar-refractivity contribution in [3.63, 3.8) is 0 Å². The number of nitrogens with zero attached hydrogens (tertiary/aromatic N) is 2. The summed E-state index contributed by atoms with van der Waals surface area (Å²) in [5, 5.41) is 9.00. The van der Waals surface area contributed by atoms with E-state index in [0.29, 0.717) is 19.5 Å². The Kier molecular flexibility index (Phi) is 3.86. The van der Waals surface area contributed by atoms with Crippen LogP contribution in [0.2, 0.25) is 0 Å². The maximum atomic E-state index is 12.2. The Morgan fingerprint density at radius 2 is 1.59 bits per heavy atom. The molecule has 0 unspecified atom stereocenters. The lowest BCUT2D eigenvalue weighted by molar-refractivity contribution is -0.143. The number of piperidine rings is 2. The first-order chi connectivity index (χ1) is 8.18. The molecule has 2 aliphatic heterocycles. The summed E-state index contributed by atoms with van der Waals surface area (Å²) in [6, 6.07) is 0.0376. The van der Waals surface area contributed by atoms with Gasteiger partial charge in [-0.05, 0) is 32.1 Å². The van der Waals surface area contributed by atoms with Crippen LogP contribution in [0, 0.1) is 5.92 Å². The number of carboxylic acid groups (broad SMARTS) is 1. The molecule has 0 spiro atoms. The molecule has 2 aliphatic rings. The first-order valence-electron chi connectivity index (χ1n) is 6.45. The van der Waals surface area contributed by atoms with Gasteiger partial charge in [0, 0.05) is 26.2 Å². The van der Waals surface area contributed by atoms with Gasteiger partial charge in [-0.15, -0.1) is 0 Å². The van der Waals surface area contributed by atoms with E-state index in [1.807, 2.05) is 4.90 Å². The molecule has 1 N–H and O–H groups in total. The van der Waals surface area contributed by atoms with Gasteiger partial charge in [-0.3, -0.25) is 4.79 Å². The van der Waals surface area contributed by atoms with Crippen LogP contribution in [-0.2, 0) is 4.79 Å². The fourth-order valence-electron chi connectivity index (χ4n) is 2.64. The second-order valence-electron chi connectivity index (χ2n) is 4.95. The lowest BCUT2D eigenvalue weighted by atomic mass is 9.98. The van der Waals surface area contributed by atoms with E-state index in [0.717, 1.165) is 32.4 Å². The van der Waals surface area contributed by atoms with Crippen LogP contribution in [-0.4, -0.2) is 53.1 Å². The number of rotatable bonds is 1. The maximum absolute atomic E-state index is 12.2. The maximum Gasteiger partial charge on any atom is 0.320 e. The Labute approximate surface area is 101 Å². The third-order valence-corrected chi connectivity index (χ3v) is 3.67. The summed E-state index contributed by atoms with van der Waals surface area (Å²) in [6.07, 6.45) is 4.83. The van der Waals surface area contributed by atoms with Crippen molar-refractivity contribution in [2.24, 2.45) is 5.92 Å². The van der Waals surface area contributed by atoms with E-state index in [9.17, 15) is 9.59 Å². The highest BCUT2D eigenvalue weighted by Crippen LogP contribution is 2.19. The third-order valence-electron chi connectivity index (χ3n) is 3.67. The van der Waals surface area contributed by atoms with Gasteiger partial charge in [0.15, 0.2) is 0 Å². The fraction of sp³-hybridized carbons (Fsp3) is 0.833. The second kappa shape index (κ2) is 5.38. The summed E-state index contributed by atoms with van der Waals surface area (Å²) in [5.74, 6) is -1.15. The largest absolute Gasteiger partial charge is 0.481 e. The summed E-state index contributed by atoms with van der Waals surface area (Å²) in [7, 11) is 0. The Morgan fingerprint density at radius 3 is 2.24 bits per heavy atom. The van der Waals surface area contributed by atoms with Crippen LogP contribution in [0.1, 0.15) is 32.1 Å². The standard InChI is InChI=1S/C12H20N2O3/c15-11(16)10-5-4-8-14(9-10)12(17)13-6-2-1-3-7-13/h10H,1-9H2,(H,15,16)/t10-/m1/s1. The summed E-state index contributed by atoms with van der Waals surface area (Å²) in [6.45, 7) is 2.74. The summed E-state index contributed by atoms with van der Waals surface area (Å²) in [5.41, 5.74) is 0. The normalized spacial score (nSPS) is 25.8. The number of aliphatic carboxylic acids is 1. The molecule has 0 aromatic carbocycles. The van der Waals surface area contributed by atoms with E-state index < -0.39 is 5.97 Å². The average molecular weight is 240 g/mol. The Balaban J connectivity index is 1.91. The number of likely N-dealkylation sites (tertiary alicyclic amines) is 2. The monoisotopic (exact) mass is 240 g/mol.